The van der Waals surface area contributed by atoms with Crippen LogP contribution in [0.4, 0.5) is 0 Å². The van der Waals surface area contributed by atoms with Gasteiger partial charge in [0.15, 0.2) is 11.7 Å². The van der Waals surface area contributed by atoms with E-state index in [4.69, 9.17) is 9.15 Å². The summed E-state index contributed by atoms with van der Waals surface area (Å²) in [6.07, 6.45) is 2.83. The molecule has 32 heavy (non-hydrogen) atoms. The zero-order chi connectivity index (χ0) is 22.3. The molecule has 7 nitrogen and oxygen atoms in total. The van der Waals surface area contributed by atoms with Crippen molar-refractivity contribution < 1.29 is 18.7 Å². The zero-order valence-corrected chi connectivity index (χ0v) is 18.2. The van der Waals surface area contributed by atoms with Crippen LogP contribution in [0.2, 0.25) is 0 Å². The van der Waals surface area contributed by atoms with Crippen molar-refractivity contribution in [2.75, 3.05) is 33.3 Å². The molecule has 0 radical (unpaired) electrons. The Labute approximate surface area is 187 Å². The van der Waals surface area contributed by atoms with Crippen LogP contribution in [0.1, 0.15) is 17.9 Å². The molecule has 7 heteroatoms. The fourth-order valence-corrected chi connectivity index (χ4v) is 3.81. The Balaban J connectivity index is 1.23. The maximum Gasteiger partial charge on any atom is 0.227 e. The summed E-state index contributed by atoms with van der Waals surface area (Å²) in [7, 11) is 1.61. The highest BCUT2D eigenvalue weighted by molar-refractivity contribution is 5.80. The Morgan fingerprint density at radius 1 is 0.969 bits per heavy atom. The number of aryl methyl sites for hydroxylation is 1. The third kappa shape index (κ3) is 5.35. The number of ether oxygens (including phenoxy) is 1. The average molecular weight is 434 g/mol. The van der Waals surface area contributed by atoms with Gasteiger partial charge < -0.3 is 19.0 Å². The highest BCUT2D eigenvalue weighted by Crippen LogP contribution is 2.20. The second kappa shape index (κ2) is 10.1. The minimum Gasteiger partial charge on any atom is -0.497 e. The van der Waals surface area contributed by atoms with Gasteiger partial charge in [0.25, 0.3) is 0 Å². The van der Waals surface area contributed by atoms with Gasteiger partial charge in [-0.2, -0.15) is 0 Å². The number of amides is 2. The number of hydrogen-bond donors (Lipinski definition) is 0. The molecule has 1 aromatic heterocycles. The normalized spacial score (nSPS) is 13.8. The molecule has 1 fully saturated rings. The molecule has 0 atom stereocenters. The molecule has 0 saturated carbocycles. The van der Waals surface area contributed by atoms with Crippen molar-refractivity contribution in [3.05, 3.63) is 72.2 Å². The summed E-state index contributed by atoms with van der Waals surface area (Å²) in [5.41, 5.74) is 1.89. The van der Waals surface area contributed by atoms with Gasteiger partial charge in [-0.3, -0.25) is 9.59 Å². The van der Waals surface area contributed by atoms with E-state index in [0.29, 0.717) is 57.1 Å². The van der Waals surface area contributed by atoms with Crippen LogP contribution in [0.15, 0.2) is 65.2 Å². The fourth-order valence-electron chi connectivity index (χ4n) is 3.81. The van der Waals surface area contributed by atoms with Crippen LogP contribution >= 0.6 is 0 Å². The first-order chi connectivity index (χ1) is 15.6. The van der Waals surface area contributed by atoms with Gasteiger partial charge in [-0.1, -0.05) is 42.5 Å². The van der Waals surface area contributed by atoms with Crippen LogP contribution in [0.3, 0.4) is 0 Å². The number of rotatable bonds is 7. The lowest BCUT2D eigenvalue weighted by molar-refractivity contribution is -0.139. The Morgan fingerprint density at radius 3 is 2.41 bits per heavy atom. The lowest BCUT2D eigenvalue weighted by Crippen LogP contribution is -2.51. The molecule has 0 aliphatic carbocycles. The lowest BCUT2D eigenvalue weighted by atomic mass is 10.1. The van der Waals surface area contributed by atoms with Crippen LogP contribution in [-0.4, -0.2) is 59.9 Å². The highest BCUT2D eigenvalue weighted by Gasteiger charge is 2.24. The monoisotopic (exact) mass is 433 g/mol. The Morgan fingerprint density at radius 2 is 1.69 bits per heavy atom. The van der Waals surface area contributed by atoms with Crippen LogP contribution in [0.5, 0.6) is 5.75 Å². The zero-order valence-electron chi connectivity index (χ0n) is 18.2. The minimum atomic E-state index is 0.0596. The van der Waals surface area contributed by atoms with Gasteiger partial charge in [0.2, 0.25) is 11.8 Å². The van der Waals surface area contributed by atoms with Crippen molar-refractivity contribution in [1.82, 2.24) is 14.8 Å². The van der Waals surface area contributed by atoms with Crippen molar-refractivity contribution in [3.8, 4) is 17.1 Å². The van der Waals surface area contributed by atoms with Gasteiger partial charge in [0, 0.05) is 44.6 Å². The first kappa shape index (κ1) is 21.6. The molecule has 2 aromatic carbocycles. The fraction of sp³-hybridized carbons (Fsp3) is 0.320. The summed E-state index contributed by atoms with van der Waals surface area (Å²) >= 11 is 0. The van der Waals surface area contributed by atoms with Gasteiger partial charge in [-0.15, -0.1) is 0 Å². The number of nitrogens with zero attached hydrogens (tertiary/aromatic N) is 3. The van der Waals surface area contributed by atoms with E-state index in [9.17, 15) is 9.59 Å². The minimum absolute atomic E-state index is 0.0596. The van der Waals surface area contributed by atoms with E-state index >= 15 is 0 Å². The molecule has 2 amide bonds. The second-order valence-electron chi connectivity index (χ2n) is 7.77. The van der Waals surface area contributed by atoms with Crippen molar-refractivity contribution >= 4 is 11.8 Å². The molecule has 1 aliphatic rings. The maximum atomic E-state index is 12.6. The summed E-state index contributed by atoms with van der Waals surface area (Å²) < 4.78 is 11.0. The van der Waals surface area contributed by atoms with Gasteiger partial charge in [0.05, 0.1) is 19.7 Å². The summed E-state index contributed by atoms with van der Waals surface area (Å²) in [5, 5.41) is 0. The number of carbonyl (C=O) groups excluding carboxylic acids is 2. The summed E-state index contributed by atoms with van der Waals surface area (Å²) in [5.74, 6) is 2.14. The van der Waals surface area contributed by atoms with Crippen molar-refractivity contribution in [1.29, 1.82) is 0 Å². The standard InChI is InChI=1S/C25H27N3O4/c1-31-21-9-5-6-19(16-21)17-25(30)28-14-12-27(13-15-28)24(29)11-10-23-26-18-22(32-23)20-7-3-2-4-8-20/h2-9,16,18H,10-15,17H2,1H3. The van der Waals surface area contributed by atoms with Crippen molar-refractivity contribution in [3.63, 3.8) is 0 Å². The SMILES string of the molecule is COc1cccc(CC(=O)N2CCN(C(=O)CCc3ncc(-c4ccccc4)o3)CC2)c1. The molecule has 166 valence electrons. The van der Waals surface area contributed by atoms with Crippen LogP contribution in [0, 0.1) is 0 Å². The van der Waals surface area contributed by atoms with Crippen LogP contribution in [-0.2, 0) is 22.4 Å². The van der Waals surface area contributed by atoms with E-state index in [0.717, 1.165) is 16.9 Å². The molecule has 0 spiro atoms. The van der Waals surface area contributed by atoms with Crippen LogP contribution < -0.4 is 4.74 Å². The van der Waals surface area contributed by atoms with E-state index in [1.54, 1.807) is 13.3 Å². The van der Waals surface area contributed by atoms with Gasteiger partial charge in [-0.05, 0) is 17.7 Å². The van der Waals surface area contributed by atoms with Crippen molar-refractivity contribution in [2.45, 2.75) is 19.3 Å². The quantitative estimate of drug-likeness (QED) is 0.572. The number of hydrogen-bond acceptors (Lipinski definition) is 5. The van der Waals surface area contributed by atoms with Gasteiger partial charge in [-0.25, -0.2) is 4.98 Å². The third-order valence-corrected chi connectivity index (χ3v) is 5.64. The molecule has 4 rings (SSSR count). The lowest BCUT2D eigenvalue weighted by Gasteiger charge is -2.35. The number of benzene rings is 2. The predicted molar refractivity (Wildman–Crippen MR) is 120 cm³/mol. The Kier molecular flexibility index (Phi) is 6.84. The van der Waals surface area contributed by atoms with E-state index in [-0.39, 0.29) is 11.8 Å². The van der Waals surface area contributed by atoms with Gasteiger partial charge >= 0.3 is 0 Å². The number of aromatic nitrogens is 1. The largest absolute Gasteiger partial charge is 0.497 e. The smallest absolute Gasteiger partial charge is 0.227 e. The molecule has 0 bridgehead atoms. The predicted octanol–water partition coefficient (Wildman–Crippen LogP) is 3.20. The number of methoxy groups -OCH3 is 1. The Hall–Kier alpha value is -3.61. The summed E-state index contributed by atoms with van der Waals surface area (Å²) in [4.78, 5) is 33.2. The number of oxazole rings is 1. The van der Waals surface area contributed by atoms with E-state index in [1.165, 1.54) is 0 Å². The average Bonchev–Trinajstić information content (AvgIpc) is 3.32. The molecule has 2 heterocycles. The van der Waals surface area contributed by atoms with E-state index in [2.05, 4.69) is 4.98 Å². The molecule has 0 N–H and O–H groups in total. The summed E-state index contributed by atoms with van der Waals surface area (Å²) in [6, 6.07) is 17.3. The van der Waals surface area contributed by atoms with Crippen molar-refractivity contribution in [2.24, 2.45) is 0 Å². The maximum absolute atomic E-state index is 12.6. The molecule has 0 unspecified atom stereocenters. The number of carbonyl (C=O) groups is 2. The molecular weight excluding hydrogens is 406 g/mol. The van der Waals surface area contributed by atoms with Gasteiger partial charge in [0.1, 0.15) is 5.75 Å². The van der Waals surface area contributed by atoms with Crippen LogP contribution in [0.25, 0.3) is 11.3 Å². The van der Waals surface area contributed by atoms with E-state index in [1.807, 2.05) is 64.4 Å². The highest BCUT2D eigenvalue weighted by atomic mass is 16.5. The number of piperazine rings is 1. The molecule has 3 aromatic rings. The third-order valence-electron chi connectivity index (χ3n) is 5.64. The molecule has 1 aliphatic heterocycles. The molecule has 1 saturated heterocycles. The first-order valence-corrected chi connectivity index (χ1v) is 10.8. The molecular formula is C25H27N3O4. The van der Waals surface area contributed by atoms with E-state index < -0.39 is 0 Å². The first-order valence-electron chi connectivity index (χ1n) is 10.8. The Bertz CT molecular complexity index is 1060. The second-order valence-corrected chi connectivity index (χ2v) is 7.77. The summed E-state index contributed by atoms with van der Waals surface area (Å²) in [6.45, 7) is 2.18. The topological polar surface area (TPSA) is 75.9 Å².